The highest BCUT2D eigenvalue weighted by Gasteiger charge is 2.23. The van der Waals surface area contributed by atoms with Crippen molar-refractivity contribution in [2.45, 2.75) is 38.2 Å². The highest BCUT2D eigenvalue weighted by Crippen LogP contribution is 2.36. The van der Waals surface area contributed by atoms with Gasteiger partial charge < -0.3 is 10.8 Å². The first-order valence-electron chi connectivity index (χ1n) is 7.20. The van der Waals surface area contributed by atoms with E-state index >= 15 is 0 Å². The van der Waals surface area contributed by atoms with E-state index in [1.54, 1.807) is 6.08 Å². The first kappa shape index (κ1) is 13.1. The Bertz CT molecular complexity index is 596. The Kier molecular flexibility index (Phi) is 3.45. The van der Waals surface area contributed by atoms with Gasteiger partial charge in [0.15, 0.2) is 0 Å². The van der Waals surface area contributed by atoms with Crippen LogP contribution >= 0.6 is 0 Å². The Morgan fingerprint density at radius 3 is 2.70 bits per heavy atom. The van der Waals surface area contributed by atoms with Crippen molar-refractivity contribution in [3.63, 3.8) is 0 Å². The van der Waals surface area contributed by atoms with E-state index in [1.807, 2.05) is 18.2 Å². The molecular formula is C17H20N2O. The minimum atomic E-state index is -0.416. The molecule has 0 amide bonds. The summed E-state index contributed by atoms with van der Waals surface area (Å²) in [5.41, 5.74) is 12.0. The lowest BCUT2D eigenvalue weighted by Gasteiger charge is -2.19. The first-order chi connectivity index (χ1) is 9.66. The van der Waals surface area contributed by atoms with Crippen LogP contribution in [0.25, 0.3) is 0 Å². The number of allylic oxidation sites excluding steroid dienone is 7. The van der Waals surface area contributed by atoms with Gasteiger partial charge in [-0.1, -0.05) is 30.4 Å². The topological polar surface area (TPSA) is 70.1 Å². The zero-order chi connectivity index (χ0) is 14.1. The van der Waals surface area contributed by atoms with Gasteiger partial charge in [0.2, 0.25) is 0 Å². The smallest absolute Gasteiger partial charge is 0.0758 e. The average molecular weight is 268 g/mol. The fourth-order valence-electron chi connectivity index (χ4n) is 2.67. The highest BCUT2D eigenvalue weighted by molar-refractivity contribution is 6.14. The van der Waals surface area contributed by atoms with Crippen LogP contribution in [0, 0.1) is 5.41 Å². The van der Waals surface area contributed by atoms with Gasteiger partial charge in [-0.2, -0.15) is 0 Å². The van der Waals surface area contributed by atoms with Gasteiger partial charge in [-0.15, -0.1) is 0 Å². The minimum absolute atomic E-state index is 0.416. The molecule has 3 aliphatic carbocycles. The first-order valence-corrected chi connectivity index (χ1v) is 7.20. The van der Waals surface area contributed by atoms with Crippen molar-refractivity contribution in [3.8, 4) is 0 Å². The molecule has 1 atom stereocenters. The van der Waals surface area contributed by atoms with Crippen LogP contribution < -0.4 is 5.73 Å². The summed E-state index contributed by atoms with van der Waals surface area (Å²) >= 11 is 0. The van der Waals surface area contributed by atoms with Crippen LogP contribution in [0.4, 0.5) is 0 Å². The molecule has 0 aromatic carbocycles. The number of aliphatic hydroxyl groups is 1. The van der Waals surface area contributed by atoms with E-state index in [0.717, 1.165) is 48.1 Å². The maximum Gasteiger partial charge on any atom is 0.0758 e. The molecule has 0 bridgehead atoms. The second-order valence-corrected chi connectivity index (χ2v) is 5.55. The van der Waals surface area contributed by atoms with Crippen LogP contribution in [0.15, 0.2) is 58.4 Å². The van der Waals surface area contributed by atoms with Crippen molar-refractivity contribution < 1.29 is 5.11 Å². The molecule has 0 aromatic rings. The van der Waals surface area contributed by atoms with E-state index in [1.165, 1.54) is 5.57 Å². The van der Waals surface area contributed by atoms with Gasteiger partial charge in [-0.25, -0.2) is 0 Å². The molecule has 4 N–H and O–H groups in total. The predicted octanol–water partition coefficient (Wildman–Crippen LogP) is 2.91. The standard InChI is InChI=1S/C17H20N2O/c18-16(11-5-6-11)14-3-1-2-4-15(14)17(19)12-7-9-13(20)10-8-12/h2,4,7-9,13,19-20H,1,3,5-6,10,18H2. The molecule has 3 aliphatic rings. The summed E-state index contributed by atoms with van der Waals surface area (Å²) in [4.78, 5) is 0. The lowest BCUT2D eigenvalue weighted by Crippen LogP contribution is -2.15. The third-order valence-electron chi connectivity index (χ3n) is 4.01. The molecule has 20 heavy (non-hydrogen) atoms. The SMILES string of the molecule is N=C(C1=CCC(O)C=C1)C1=C(C(N)=C2CC2)CCC=C1. The molecule has 3 rings (SSSR count). The summed E-state index contributed by atoms with van der Waals surface area (Å²) in [5.74, 6) is 0. The fraction of sp³-hybridized carbons (Fsp3) is 0.353. The molecule has 0 heterocycles. The number of aliphatic hydroxyl groups excluding tert-OH is 1. The van der Waals surface area contributed by atoms with Crippen molar-refractivity contribution in [1.82, 2.24) is 0 Å². The third kappa shape index (κ3) is 2.54. The molecule has 104 valence electrons. The van der Waals surface area contributed by atoms with Gasteiger partial charge in [-0.3, -0.25) is 5.41 Å². The normalized spacial score (nSPS) is 24.8. The Hall–Kier alpha value is -1.87. The lowest BCUT2D eigenvalue weighted by atomic mass is 9.87. The Morgan fingerprint density at radius 2 is 2.05 bits per heavy atom. The quantitative estimate of drug-likeness (QED) is 0.689. The van der Waals surface area contributed by atoms with E-state index in [9.17, 15) is 5.11 Å². The molecule has 0 aliphatic heterocycles. The van der Waals surface area contributed by atoms with Gasteiger partial charge in [0, 0.05) is 11.3 Å². The maximum atomic E-state index is 9.49. The predicted molar refractivity (Wildman–Crippen MR) is 81.4 cm³/mol. The number of nitrogens with two attached hydrogens (primary N) is 1. The van der Waals surface area contributed by atoms with Crippen molar-refractivity contribution in [2.24, 2.45) is 5.73 Å². The van der Waals surface area contributed by atoms with E-state index in [-0.39, 0.29) is 0 Å². The molecule has 1 fully saturated rings. The van der Waals surface area contributed by atoms with Gasteiger partial charge in [0.1, 0.15) is 0 Å². The van der Waals surface area contributed by atoms with E-state index in [0.29, 0.717) is 12.1 Å². The number of rotatable bonds is 3. The average Bonchev–Trinajstić information content (AvgIpc) is 3.31. The summed E-state index contributed by atoms with van der Waals surface area (Å²) in [6.07, 6.45) is 13.9. The van der Waals surface area contributed by atoms with Gasteiger partial charge in [0.25, 0.3) is 0 Å². The zero-order valence-electron chi connectivity index (χ0n) is 11.5. The largest absolute Gasteiger partial charge is 0.399 e. The van der Waals surface area contributed by atoms with Crippen LogP contribution in [-0.4, -0.2) is 16.9 Å². The lowest BCUT2D eigenvalue weighted by molar-refractivity contribution is 0.225. The molecule has 0 radical (unpaired) electrons. The summed E-state index contributed by atoms with van der Waals surface area (Å²) in [5, 5.41) is 17.9. The zero-order valence-corrected chi connectivity index (χ0v) is 11.5. The van der Waals surface area contributed by atoms with E-state index in [2.05, 4.69) is 6.08 Å². The summed E-state index contributed by atoms with van der Waals surface area (Å²) in [6.45, 7) is 0. The fourth-order valence-corrected chi connectivity index (χ4v) is 2.67. The third-order valence-corrected chi connectivity index (χ3v) is 4.01. The number of hydrogen-bond acceptors (Lipinski definition) is 3. The molecule has 1 unspecified atom stereocenters. The van der Waals surface area contributed by atoms with Gasteiger partial charge in [0.05, 0.1) is 11.8 Å². The number of hydrogen-bond donors (Lipinski definition) is 3. The molecule has 3 heteroatoms. The van der Waals surface area contributed by atoms with Crippen molar-refractivity contribution in [3.05, 3.63) is 58.4 Å². The number of nitrogens with one attached hydrogen (secondary N) is 1. The van der Waals surface area contributed by atoms with Crippen LogP contribution in [0.2, 0.25) is 0 Å². The van der Waals surface area contributed by atoms with Crippen LogP contribution in [-0.2, 0) is 0 Å². The molecule has 0 aromatic heterocycles. The Labute approximate surface area is 119 Å². The van der Waals surface area contributed by atoms with Crippen LogP contribution in [0.3, 0.4) is 0 Å². The molecule has 0 saturated heterocycles. The molecule has 3 nitrogen and oxygen atoms in total. The van der Waals surface area contributed by atoms with Gasteiger partial charge >= 0.3 is 0 Å². The van der Waals surface area contributed by atoms with Crippen molar-refractivity contribution in [2.75, 3.05) is 0 Å². The van der Waals surface area contributed by atoms with E-state index in [4.69, 9.17) is 11.1 Å². The Morgan fingerprint density at radius 1 is 1.25 bits per heavy atom. The van der Waals surface area contributed by atoms with Crippen LogP contribution in [0.1, 0.15) is 32.1 Å². The van der Waals surface area contributed by atoms with Gasteiger partial charge in [-0.05, 0) is 48.8 Å². The highest BCUT2D eigenvalue weighted by atomic mass is 16.3. The second-order valence-electron chi connectivity index (χ2n) is 5.55. The second kappa shape index (κ2) is 5.25. The molecule has 0 spiro atoms. The van der Waals surface area contributed by atoms with Crippen molar-refractivity contribution in [1.29, 1.82) is 5.41 Å². The van der Waals surface area contributed by atoms with Crippen LogP contribution in [0.5, 0.6) is 0 Å². The maximum absolute atomic E-state index is 9.49. The molecule has 1 saturated carbocycles. The summed E-state index contributed by atoms with van der Waals surface area (Å²) in [6, 6.07) is 0. The van der Waals surface area contributed by atoms with Crippen molar-refractivity contribution >= 4 is 5.71 Å². The summed E-state index contributed by atoms with van der Waals surface area (Å²) in [7, 11) is 0. The monoisotopic (exact) mass is 268 g/mol. The molecular weight excluding hydrogens is 248 g/mol. The Balaban J connectivity index is 1.94. The minimum Gasteiger partial charge on any atom is -0.399 e. The summed E-state index contributed by atoms with van der Waals surface area (Å²) < 4.78 is 0. The van der Waals surface area contributed by atoms with E-state index < -0.39 is 6.10 Å².